The Bertz CT molecular complexity index is 1320. The van der Waals surface area contributed by atoms with Gasteiger partial charge in [0.25, 0.3) is 0 Å². The summed E-state index contributed by atoms with van der Waals surface area (Å²) in [5, 5.41) is 10.2. The van der Waals surface area contributed by atoms with Gasteiger partial charge >= 0.3 is 12.1 Å². The molecule has 0 amide bonds. The SMILES string of the molecule is O=C(O)Cc1cc(Cl)cc(OCCC2(N3CCOCC3)CCN(c3nc4ccc(C(F)(F)F)nc4s3)CC2)c1. The summed E-state index contributed by atoms with van der Waals surface area (Å²) < 4.78 is 50.9. The van der Waals surface area contributed by atoms with Crippen LogP contribution >= 0.6 is 22.9 Å². The average Bonchev–Trinajstić information content (AvgIpc) is 3.32. The van der Waals surface area contributed by atoms with Gasteiger partial charge in [-0.15, -0.1) is 0 Å². The van der Waals surface area contributed by atoms with Crippen LogP contribution in [-0.4, -0.2) is 77.5 Å². The number of carbonyl (C=O) groups is 1. The van der Waals surface area contributed by atoms with Crippen molar-refractivity contribution in [2.45, 2.75) is 37.4 Å². The highest BCUT2D eigenvalue weighted by atomic mass is 35.5. The number of hydrogen-bond donors (Lipinski definition) is 1. The Balaban J connectivity index is 1.28. The number of anilines is 1. The van der Waals surface area contributed by atoms with Gasteiger partial charge in [0.2, 0.25) is 0 Å². The smallest absolute Gasteiger partial charge is 0.433 e. The van der Waals surface area contributed by atoms with Crippen LogP contribution in [0.4, 0.5) is 18.3 Å². The molecular weight excluding hydrogens is 557 g/mol. The molecule has 0 saturated carbocycles. The lowest BCUT2D eigenvalue weighted by atomic mass is 9.82. The third kappa shape index (κ3) is 6.56. The van der Waals surface area contributed by atoms with Crippen LogP contribution in [0.3, 0.4) is 0 Å². The molecule has 1 aromatic carbocycles. The fraction of sp³-hybridized carbons (Fsp3) is 0.500. The van der Waals surface area contributed by atoms with Gasteiger partial charge in [-0.05, 0) is 55.2 Å². The highest BCUT2D eigenvalue weighted by Crippen LogP contribution is 2.38. The topological polar surface area (TPSA) is 88.0 Å². The lowest BCUT2D eigenvalue weighted by Gasteiger charge is -2.50. The maximum Gasteiger partial charge on any atom is 0.433 e. The first-order chi connectivity index (χ1) is 18.6. The number of nitrogens with zero attached hydrogens (tertiary/aromatic N) is 4. The summed E-state index contributed by atoms with van der Waals surface area (Å²) in [4.78, 5) is 24.3. The van der Waals surface area contributed by atoms with E-state index in [2.05, 4.69) is 19.8 Å². The molecule has 2 aliphatic rings. The molecule has 2 aromatic heterocycles. The van der Waals surface area contributed by atoms with Gasteiger partial charge in [-0.1, -0.05) is 22.9 Å². The number of aromatic nitrogens is 2. The molecule has 0 aliphatic carbocycles. The summed E-state index contributed by atoms with van der Waals surface area (Å²) in [6.07, 6.45) is -2.23. The number of halogens is 4. The lowest BCUT2D eigenvalue weighted by Crippen LogP contribution is -2.59. The lowest BCUT2D eigenvalue weighted by molar-refractivity contribution is -0.141. The van der Waals surface area contributed by atoms with Crippen LogP contribution in [0.5, 0.6) is 5.75 Å². The van der Waals surface area contributed by atoms with Crippen molar-refractivity contribution in [2.24, 2.45) is 0 Å². The Morgan fingerprint density at radius 1 is 1.13 bits per heavy atom. The van der Waals surface area contributed by atoms with Crippen molar-refractivity contribution < 1.29 is 32.5 Å². The number of hydrogen-bond acceptors (Lipinski definition) is 8. The van der Waals surface area contributed by atoms with Crippen LogP contribution in [0.25, 0.3) is 10.3 Å². The van der Waals surface area contributed by atoms with E-state index in [0.29, 0.717) is 59.9 Å². The largest absolute Gasteiger partial charge is 0.493 e. The summed E-state index contributed by atoms with van der Waals surface area (Å²) in [5.74, 6) is -0.403. The summed E-state index contributed by atoms with van der Waals surface area (Å²) >= 11 is 7.36. The number of aliphatic carboxylic acids is 1. The Kier molecular flexibility index (Phi) is 8.18. The standard InChI is InChI=1S/C26H28ClF3N4O4S/c27-18-13-17(15-22(35)36)14-19(16-18)38-10-5-25(34-8-11-37-12-9-34)3-6-33(7-4-25)24-31-20-1-2-21(26(28,29)30)32-23(20)39-24/h1-2,13-14,16H,3-12,15H2,(H,35,36). The molecule has 13 heteroatoms. The molecule has 2 aliphatic heterocycles. The average molecular weight is 585 g/mol. The highest BCUT2D eigenvalue weighted by Gasteiger charge is 2.41. The summed E-state index contributed by atoms with van der Waals surface area (Å²) in [6.45, 7) is 4.76. The van der Waals surface area contributed by atoms with E-state index in [1.807, 2.05) is 0 Å². The van der Waals surface area contributed by atoms with Crippen molar-refractivity contribution in [3.8, 4) is 5.75 Å². The van der Waals surface area contributed by atoms with Crippen LogP contribution in [0.15, 0.2) is 30.3 Å². The molecule has 2 fully saturated rings. The zero-order valence-corrected chi connectivity index (χ0v) is 22.6. The summed E-state index contributed by atoms with van der Waals surface area (Å²) in [7, 11) is 0. The minimum Gasteiger partial charge on any atom is -0.493 e. The van der Waals surface area contributed by atoms with Crippen LogP contribution in [0, 0.1) is 0 Å². The quantitative estimate of drug-likeness (QED) is 0.390. The van der Waals surface area contributed by atoms with Crippen LogP contribution in [-0.2, 0) is 22.1 Å². The Morgan fingerprint density at radius 3 is 2.56 bits per heavy atom. The minimum atomic E-state index is -4.49. The fourth-order valence-electron chi connectivity index (χ4n) is 5.31. The normalized spacial score (nSPS) is 18.4. The van der Waals surface area contributed by atoms with Crippen LogP contribution in [0.2, 0.25) is 5.02 Å². The van der Waals surface area contributed by atoms with Gasteiger partial charge in [-0.25, -0.2) is 9.97 Å². The molecule has 0 bridgehead atoms. The van der Waals surface area contributed by atoms with Gasteiger partial charge in [0, 0.05) is 36.7 Å². The predicted molar refractivity (Wildman–Crippen MR) is 142 cm³/mol. The van der Waals surface area contributed by atoms with E-state index in [-0.39, 0.29) is 16.8 Å². The molecular formula is C26H28ClF3N4O4S. The van der Waals surface area contributed by atoms with Gasteiger partial charge in [-0.2, -0.15) is 13.2 Å². The number of fused-ring (bicyclic) bond motifs is 1. The molecule has 39 heavy (non-hydrogen) atoms. The van der Waals surface area contributed by atoms with Crippen LogP contribution < -0.4 is 9.64 Å². The third-order valence-electron chi connectivity index (χ3n) is 7.30. The third-order valence-corrected chi connectivity index (χ3v) is 8.55. The molecule has 3 aromatic rings. The first kappa shape index (κ1) is 27.9. The number of alkyl halides is 3. The summed E-state index contributed by atoms with van der Waals surface area (Å²) in [5.41, 5.74) is -0.00901. The number of carboxylic acids is 1. The first-order valence-corrected chi connectivity index (χ1v) is 13.9. The zero-order chi connectivity index (χ0) is 27.6. The molecule has 2 saturated heterocycles. The molecule has 1 N–H and O–H groups in total. The molecule has 8 nitrogen and oxygen atoms in total. The predicted octanol–water partition coefficient (Wildman–Crippen LogP) is 5.13. The van der Waals surface area contributed by atoms with Gasteiger partial charge in [0.15, 0.2) is 5.13 Å². The minimum absolute atomic E-state index is 0.136. The van der Waals surface area contributed by atoms with Crippen molar-refractivity contribution >= 4 is 44.4 Å². The molecule has 5 rings (SSSR count). The molecule has 4 heterocycles. The van der Waals surface area contributed by atoms with Crippen molar-refractivity contribution in [1.29, 1.82) is 0 Å². The molecule has 210 valence electrons. The number of benzene rings is 1. The zero-order valence-electron chi connectivity index (χ0n) is 21.0. The Labute approximate surface area is 232 Å². The Morgan fingerprint density at radius 2 is 1.87 bits per heavy atom. The van der Waals surface area contributed by atoms with Crippen molar-refractivity contribution in [3.05, 3.63) is 46.6 Å². The maximum atomic E-state index is 13.1. The first-order valence-electron chi connectivity index (χ1n) is 12.7. The van der Waals surface area contributed by atoms with E-state index in [9.17, 15) is 18.0 Å². The van der Waals surface area contributed by atoms with E-state index in [1.54, 1.807) is 18.2 Å². The van der Waals surface area contributed by atoms with Gasteiger partial charge in [0.05, 0.1) is 26.2 Å². The van der Waals surface area contributed by atoms with E-state index in [1.165, 1.54) is 17.4 Å². The van der Waals surface area contributed by atoms with Gasteiger partial charge in [0.1, 0.15) is 21.8 Å². The van der Waals surface area contributed by atoms with Crippen molar-refractivity contribution in [2.75, 3.05) is 50.9 Å². The van der Waals surface area contributed by atoms with Crippen LogP contribution in [0.1, 0.15) is 30.5 Å². The van der Waals surface area contributed by atoms with E-state index in [4.69, 9.17) is 26.2 Å². The number of pyridine rings is 1. The second kappa shape index (κ2) is 11.4. The number of morpholine rings is 1. The molecule has 0 radical (unpaired) electrons. The van der Waals surface area contributed by atoms with Crippen molar-refractivity contribution in [3.63, 3.8) is 0 Å². The van der Waals surface area contributed by atoms with E-state index in [0.717, 1.165) is 38.4 Å². The summed E-state index contributed by atoms with van der Waals surface area (Å²) in [6, 6.07) is 7.35. The number of carboxylic acid groups (broad SMARTS) is 1. The van der Waals surface area contributed by atoms with E-state index < -0.39 is 17.8 Å². The second-order valence-electron chi connectivity index (χ2n) is 9.79. The molecule has 0 spiro atoms. The van der Waals surface area contributed by atoms with Crippen molar-refractivity contribution in [1.82, 2.24) is 14.9 Å². The monoisotopic (exact) mass is 584 g/mol. The number of ether oxygens (including phenoxy) is 2. The van der Waals surface area contributed by atoms with E-state index >= 15 is 0 Å². The maximum absolute atomic E-state index is 13.1. The fourth-order valence-corrected chi connectivity index (χ4v) is 6.55. The van der Waals surface area contributed by atoms with Gasteiger partial charge in [-0.3, -0.25) is 9.69 Å². The Hall–Kier alpha value is -2.67. The molecule has 0 atom stereocenters. The highest BCUT2D eigenvalue weighted by molar-refractivity contribution is 7.21. The second-order valence-corrected chi connectivity index (χ2v) is 11.2. The number of rotatable bonds is 8. The van der Waals surface area contributed by atoms with Gasteiger partial charge < -0.3 is 19.5 Å². The number of thiazole rings is 1. The molecule has 0 unspecified atom stereocenters. The number of piperidine rings is 1.